The van der Waals surface area contributed by atoms with Crippen molar-refractivity contribution >= 4 is 17.2 Å². The number of amides is 1. The van der Waals surface area contributed by atoms with Crippen LogP contribution in [0.5, 0.6) is 0 Å². The third-order valence-corrected chi connectivity index (χ3v) is 6.06. The number of aromatic nitrogens is 4. The van der Waals surface area contributed by atoms with E-state index in [-0.39, 0.29) is 18.5 Å². The standard InChI is InChI=1S/C16H21N5OS/c1-10(13-7-11-2-3-12(13)6-11)19-14(22)8-21-9-18-15(20-21)16-17-4-5-23-16/h4-5,9-13H,2-3,6-8H2,1H3,(H,19,22)/t10-,11-,12-,13-/m0/s1. The summed E-state index contributed by atoms with van der Waals surface area (Å²) in [7, 11) is 0. The Hall–Kier alpha value is -1.76. The number of thiazole rings is 1. The van der Waals surface area contributed by atoms with Crippen LogP contribution in [0.1, 0.15) is 32.6 Å². The summed E-state index contributed by atoms with van der Waals surface area (Å²) in [6.07, 6.45) is 8.70. The Morgan fingerprint density at radius 1 is 1.43 bits per heavy atom. The first-order chi connectivity index (χ1) is 11.2. The zero-order chi connectivity index (χ0) is 15.8. The predicted octanol–water partition coefficient (Wildman–Crippen LogP) is 2.34. The molecule has 7 heteroatoms. The van der Waals surface area contributed by atoms with Gasteiger partial charge in [0.15, 0.2) is 5.01 Å². The van der Waals surface area contributed by atoms with Crippen LogP contribution in [0.3, 0.4) is 0 Å². The van der Waals surface area contributed by atoms with Gasteiger partial charge in [0, 0.05) is 17.6 Å². The molecule has 2 heterocycles. The highest BCUT2D eigenvalue weighted by molar-refractivity contribution is 7.12. The average Bonchev–Trinajstić information content (AvgIpc) is 3.30. The van der Waals surface area contributed by atoms with Crippen molar-refractivity contribution in [3.05, 3.63) is 17.9 Å². The van der Waals surface area contributed by atoms with Gasteiger partial charge in [-0.05, 0) is 43.9 Å². The molecule has 2 saturated carbocycles. The lowest BCUT2D eigenvalue weighted by Crippen LogP contribution is -2.41. The van der Waals surface area contributed by atoms with E-state index in [0.29, 0.717) is 11.7 Å². The molecule has 2 aromatic rings. The topological polar surface area (TPSA) is 72.7 Å². The number of nitrogens with one attached hydrogen (secondary N) is 1. The second-order valence-electron chi connectivity index (χ2n) is 6.80. The molecule has 0 spiro atoms. The molecule has 2 aliphatic rings. The maximum absolute atomic E-state index is 12.3. The van der Waals surface area contributed by atoms with Gasteiger partial charge in [-0.1, -0.05) is 6.42 Å². The summed E-state index contributed by atoms with van der Waals surface area (Å²) < 4.78 is 1.58. The third kappa shape index (κ3) is 3.02. The Morgan fingerprint density at radius 2 is 2.35 bits per heavy atom. The van der Waals surface area contributed by atoms with Crippen molar-refractivity contribution in [2.24, 2.45) is 17.8 Å². The monoisotopic (exact) mass is 331 g/mol. The molecule has 0 aromatic carbocycles. The highest BCUT2D eigenvalue weighted by Crippen LogP contribution is 2.49. The molecule has 2 bridgehead atoms. The minimum absolute atomic E-state index is 0.0101. The Morgan fingerprint density at radius 3 is 3.04 bits per heavy atom. The molecule has 1 amide bonds. The normalized spacial score (nSPS) is 27.3. The number of hydrogen-bond donors (Lipinski definition) is 1. The van der Waals surface area contributed by atoms with E-state index in [1.54, 1.807) is 17.2 Å². The van der Waals surface area contributed by atoms with Crippen LogP contribution in [-0.4, -0.2) is 31.7 Å². The van der Waals surface area contributed by atoms with Gasteiger partial charge >= 0.3 is 0 Å². The number of nitrogens with zero attached hydrogens (tertiary/aromatic N) is 4. The van der Waals surface area contributed by atoms with Crippen LogP contribution in [0.15, 0.2) is 17.9 Å². The fraction of sp³-hybridized carbons (Fsp3) is 0.625. The van der Waals surface area contributed by atoms with E-state index < -0.39 is 0 Å². The molecule has 0 aliphatic heterocycles. The molecule has 2 aromatic heterocycles. The first kappa shape index (κ1) is 14.8. The lowest BCUT2D eigenvalue weighted by molar-refractivity contribution is -0.122. The molecule has 23 heavy (non-hydrogen) atoms. The van der Waals surface area contributed by atoms with Gasteiger partial charge in [-0.25, -0.2) is 14.6 Å². The molecule has 2 fully saturated rings. The van der Waals surface area contributed by atoms with Crippen LogP contribution < -0.4 is 5.32 Å². The summed E-state index contributed by atoms with van der Waals surface area (Å²) >= 11 is 1.49. The fourth-order valence-corrected chi connectivity index (χ4v) is 4.83. The van der Waals surface area contributed by atoms with Crippen LogP contribution in [0.25, 0.3) is 10.8 Å². The van der Waals surface area contributed by atoms with Crippen molar-refractivity contribution in [2.75, 3.05) is 0 Å². The summed E-state index contributed by atoms with van der Waals surface area (Å²) in [5.41, 5.74) is 0. The van der Waals surface area contributed by atoms with Crippen molar-refractivity contribution in [2.45, 2.75) is 45.2 Å². The van der Waals surface area contributed by atoms with Crippen molar-refractivity contribution in [3.8, 4) is 10.8 Å². The van der Waals surface area contributed by atoms with E-state index in [4.69, 9.17) is 0 Å². The SMILES string of the molecule is C[C@H](NC(=O)Cn1cnc(-c2nccs2)n1)[C@@H]1C[C@H]2CC[C@H]1C2. The predicted molar refractivity (Wildman–Crippen MR) is 87.7 cm³/mol. The number of rotatable bonds is 5. The lowest BCUT2D eigenvalue weighted by atomic mass is 9.84. The zero-order valence-corrected chi connectivity index (χ0v) is 14.0. The molecule has 6 nitrogen and oxygen atoms in total. The largest absolute Gasteiger partial charge is 0.352 e. The third-order valence-electron chi connectivity index (χ3n) is 5.29. The summed E-state index contributed by atoms with van der Waals surface area (Å²) in [5, 5.41) is 10.2. The van der Waals surface area contributed by atoms with Crippen molar-refractivity contribution in [1.29, 1.82) is 0 Å². The van der Waals surface area contributed by atoms with E-state index >= 15 is 0 Å². The highest BCUT2D eigenvalue weighted by Gasteiger charge is 2.42. The van der Waals surface area contributed by atoms with E-state index in [2.05, 4.69) is 27.3 Å². The average molecular weight is 331 g/mol. The van der Waals surface area contributed by atoms with Gasteiger partial charge < -0.3 is 5.32 Å². The van der Waals surface area contributed by atoms with Crippen LogP contribution in [0.2, 0.25) is 0 Å². The van der Waals surface area contributed by atoms with Gasteiger partial charge in [0.05, 0.1) is 0 Å². The number of carbonyl (C=O) groups is 1. The smallest absolute Gasteiger partial charge is 0.242 e. The number of hydrogen-bond acceptors (Lipinski definition) is 5. The highest BCUT2D eigenvalue weighted by atomic mass is 32.1. The van der Waals surface area contributed by atoms with E-state index in [9.17, 15) is 4.79 Å². The minimum Gasteiger partial charge on any atom is -0.352 e. The van der Waals surface area contributed by atoms with E-state index in [1.807, 2.05) is 5.38 Å². The fourth-order valence-electron chi connectivity index (χ4n) is 4.26. The van der Waals surface area contributed by atoms with Crippen LogP contribution in [-0.2, 0) is 11.3 Å². The first-order valence-corrected chi connectivity index (χ1v) is 9.15. The summed E-state index contributed by atoms with van der Waals surface area (Å²) in [4.78, 5) is 20.7. The molecule has 0 saturated heterocycles. The molecule has 0 radical (unpaired) electrons. The zero-order valence-electron chi connectivity index (χ0n) is 13.2. The second kappa shape index (κ2) is 6.03. The Bertz CT molecular complexity index is 682. The van der Waals surface area contributed by atoms with Crippen molar-refractivity contribution in [1.82, 2.24) is 25.1 Å². The van der Waals surface area contributed by atoms with Crippen molar-refractivity contribution in [3.63, 3.8) is 0 Å². The summed E-state index contributed by atoms with van der Waals surface area (Å²) in [5.74, 6) is 2.96. The molecule has 4 rings (SSSR count). The molecule has 122 valence electrons. The van der Waals surface area contributed by atoms with Gasteiger partial charge in [-0.2, -0.15) is 0 Å². The van der Waals surface area contributed by atoms with Crippen LogP contribution >= 0.6 is 11.3 Å². The summed E-state index contributed by atoms with van der Waals surface area (Å²) in [6.45, 7) is 2.36. The molecular formula is C16H21N5OS. The Balaban J connectivity index is 1.33. The van der Waals surface area contributed by atoms with Gasteiger partial charge in [-0.3, -0.25) is 4.79 Å². The van der Waals surface area contributed by atoms with Gasteiger partial charge in [0.1, 0.15) is 12.9 Å². The maximum Gasteiger partial charge on any atom is 0.242 e. The number of fused-ring (bicyclic) bond motifs is 2. The number of carbonyl (C=O) groups excluding carboxylic acids is 1. The molecular weight excluding hydrogens is 310 g/mol. The van der Waals surface area contributed by atoms with E-state index in [1.165, 1.54) is 37.0 Å². The Labute approximate surface area is 139 Å². The molecule has 2 aliphatic carbocycles. The Kier molecular flexibility index (Phi) is 3.88. The molecule has 4 atom stereocenters. The minimum atomic E-state index is 0.0101. The maximum atomic E-state index is 12.3. The molecule has 1 N–H and O–H groups in total. The van der Waals surface area contributed by atoms with Crippen LogP contribution in [0.4, 0.5) is 0 Å². The van der Waals surface area contributed by atoms with Gasteiger partial charge in [-0.15, -0.1) is 16.4 Å². The van der Waals surface area contributed by atoms with Crippen molar-refractivity contribution < 1.29 is 4.79 Å². The second-order valence-corrected chi connectivity index (χ2v) is 7.69. The first-order valence-electron chi connectivity index (χ1n) is 8.27. The van der Waals surface area contributed by atoms with Crippen LogP contribution in [0, 0.1) is 17.8 Å². The van der Waals surface area contributed by atoms with Gasteiger partial charge in [0.25, 0.3) is 0 Å². The molecule has 0 unspecified atom stereocenters. The van der Waals surface area contributed by atoms with E-state index in [0.717, 1.165) is 16.8 Å². The summed E-state index contributed by atoms with van der Waals surface area (Å²) in [6, 6.07) is 0.250. The lowest BCUT2D eigenvalue weighted by Gasteiger charge is -2.28. The van der Waals surface area contributed by atoms with Gasteiger partial charge in [0.2, 0.25) is 11.7 Å². The quantitative estimate of drug-likeness (QED) is 0.913.